The quantitative estimate of drug-likeness (QED) is 0.374. The van der Waals surface area contributed by atoms with Gasteiger partial charge >= 0.3 is 5.97 Å². The van der Waals surface area contributed by atoms with Crippen LogP contribution in [0.5, 0.6) is 5.75 Å². The molecule has 0 radical (unpaired) electrons. The predicted octanol–water partition coefficient (Wildman–Crippen LogP) is 6.27. The van der Waals surface area contributed by atoms with E-state index in [0.717, 1.165) is 18.4 Å². The number of benzene rings is 4. The molecular formula is C28H24O3. The fourth-order valence-corrected chi connectivity index (χ4v) is 3.70. The lowest BCUT2D eigenvalue weighted by Gasteiger charge is -2.13. The fraction of sp³-hybridized carbons (Fsp3) is 0.107. The number of hydrogen-bond donors (Lipinski definition) is 1. The number of aliphatic carboxylic acids is 1. The summed E-state index contributed by atoms with van der Waals surface area (Å²) in [4.78, 5) is 10.7. The largest absolute Gasteiger partial charge is 0.482 e. The maximum atomic E-state index is 10.7. The molecule has 0 heterocycles. The molecule has 0 aliphatic heterocycles. The number of carboxylic acids is 1. The Morgan fingerprint density at radius 2 is 1.26 bits per heavy atom. The van der Waals surface area contributed by atoms with Gasteiger partial charge in [-0.05, 0) is 58.4 Å². The Hall–Kier alpha value is -3.85. The molecule has 0 fully saturated rings. The predicted molar refractivity (Wildman–Crippen MR) is 124 cm³/mol. The molecular weight excluding hydrogens is 384 g/mol. The summed E-state index contributed by atoms with van der Waals surface area (Å²) in [5.41, 5.74) is 7.23. The van der Waals surface area contributed by atoms with Crippen LogP contribution in [-0.4, -0.2) is 17.7 Å². The zero-order valence-electron chi connectivity index (χ0n) is 17.2. The van der Waals surface area contributed by atoms with Gasteiger partial charge in [0.25, 0.3) is 0 Å². The van der Waals surface area contributed by atoms with Crippen molar-refractivity contribution in [2.45, 2.75) is 12.8 Å². The lowest BCUT2D eigenvalue weighted by molar-refractivity contribution is -0.139. The van der Waals surface area contributed by atoms with Gasteiger partial charge in [-0.25, -0.2) is 4.79 Å². The molecule has 0 spiro atoms. The first-order valence-electron chi connectivity index (χ1n) is 10.4. The van der Waals surface area contributed by atoms with Crippen LogP contribution in [-0.2, 0) is 17.6 Å². The molecule has 0 bridgehead atoms. The van der Waals surface area contributed by atoms with Gasteiger partial charge in [0.2, 0.25) is 0 Å². The minimum Gasteiger partial charge on any atom is -0.482 e. The third kappa shape index (κ3) is 5.40. The summed E-state index contributed by atoms with van der Waals surface area (Å²) in [6, 6.07) is 35.3. The Morgan fingerprint density at radius 1 is 0.645 bits per heavy atom. The van der Waals surface area contributed by atoms with Crippen molar-refractivity contribution >= 4 is 5.97 Å². The van der Waals surface area contributed by atoms with Gasteiger partial charge in [-0.1, -0.05) is 91.0 Å². The molecule has 0 saturated heterocycles. The lowest BCUT2D eigenvalue weighted by Crippen LogP contribution is -2.09. The molecule has 0 atom stereocenters. The van der Waals surface area contributed by atoms with Crippen molar-refractivity contribution in [3.8, 4) is 28.0 Å². The minimum atomic E-state index is -0.975. The highest BCUT2D eigenvalue weighted by Gasteiger charge is 2.09. The molecule has 0 aliphatic rings. The van der Waals surface area contributed by atoms with Crippen molar-refractivity contribution in [1.29, 1.82) is 0 Å². The van der Waals surface area contributed by atoms with Crippen molar-refractivity contribution in [2.24, 2.45) is 0 Å². The van der Waals surface area contributed by atoms with E-state index in [1.165, 1.54) is 27.8 Å². The summed E-state index contributed by atoms with van der Waals surface area (Å²) in [6.07, 6.45) is 1.74. The average Bonchev–Trinajstić information content (AvgIpc) is 2.83. The maximum Gasteiger partial charge on any atom is 0.341 e. The smallest absolute Gasteiger partial charge is 0.341 e. The normalized spacial score (nSPS) is 10.6. The van der Waals surface area contributed by atoms with Crippen LogP contribution in [0.15, 0.2) is 103 Å². The molecule has 0 aliphatic carbocycles. The Balaban J connectivity index is 1.57. The molecule has 0 aromatic heterocycles. The highest BCUT2D eigenvalue weighted by Crippen LogP contribution is 2.33. The molecule has 4 rings (SSSR count). The lowest BCUT2D eigenvalue weighted by atomic mass is 9.91. The van der Waals surface area contributed by atoms with E-state index in [2.05, 4.69) is 66.7 Å². The van der Waals surface area contributed by atoms with Crippen LogP contribution in [0, 0.1) is 0 Å². The Bertz CT molecular complexity index is 1150. The van der Waals surface area contributed by atoms with Gasteiger partial charge in [0.1, 0.15) is 5.75 Å². The van der Waals surface area contributed by atoms with E-state index in [0.29, 0.717) is 5.75 Å². The highest BCUT2D eigenvalue weighted by atomic mass is 16.5. The summed E-state index contributed by atoms with van der Waals surface area (Å²) in [7, 11) is 0. The molecule has 3 heteroatoms. The topological polar surface area (TPSA) is 46.5 Å². The summed E-state index contributed by atoms with van der Waals surface area (Å²) in [6.45, 7) is -0.329. The second-order valence-electron chi connectivity index (χ2n) is 7.44. The highest BCUT2D eigenvalue weighted by molar-refractivity contribution is 5.83. The summed E-state index contributed by atoms with van der Waals surface area (Å²) >= 11 is 0. The summed E-state index contributed by atoms with van der Waals surface area (Å²) in [5.74, 6) is -0.387. The minimum absolute atomic E-state index is 0.329. The second kappa shape index (κ2) is 9.77. The first kappa shape index (κ1) is 20.4. The SMILES string of the molecule is O=C(O)COc1cccc(CCc2ccc(-c3ccccc3)c(-c3ccccc3)c2)c1. The average molecular weight is 408 g/mol. The molecule has 0 saturated carbocycles. The molecule has 4 aromatic carbocycles. The Morgan fingerprint density at radius 3 is 1.90 bits per heavy atom. The summed E-state index contributed by atoms with van der Waals surface area (Å²) in [5, 5.41) is 8.80. The van der Waals surface area contributed by atoms with E-state index >= 15 is 0 Å². The monoisotopic (exact) mass is 408 g/mol. The number of aryl methyl sites for hydroxylation is 2. The first-order chi connectivity index (χ1) is 15.2. The van der Waals surface area contributed by atoms with Crippen molar-refractivity contribution in [3.05, 3.63) is 114 Å². The van der Waals surface area contributed by atoms with Crippen molar-refractivity contribution < 1.29 is 14.6 Å². The van der Waals surface area contributed by atoms with E-state index in [4.69, 9.17) is 9.84 Å². The van der Waals surface area contributed by atoms with Gasteiger partial charge in [0.05, 0.1) is 0 Å². The third-order valence-electron chi connectivity index (χ3n) is 5.22. The van der Waals surface area contributed by atoms with Crippen LogP contribution < -0.4 is 4.74 Å². The number of carbonyl (C=O) groups is 1. The molecule has 0 unspecified atom stereocenters. The van der Waals surface area contributed by atoms with Crippen LogP contribution >= 0.6 is 0 Å². The van der Waals surface area contributed by atoms with E-state index < -0.39 is 5.97 Å². The standard InChI is InChI=1S/C28H24O3/c29-28(30)20-31-25-13-7-8-21(18-25)14-15-22-16-17-26(23-9-3-1-4-10-23)27(19-22)24-11-5-2-6-12-24/h1-13,16-19H,14-15,20H2,(H,29,30). The zero-order chi connectivity index (χ0) is 21.5. The summed E-state index contributed by atoms with van der Waals surface area (Å²) < 4.78 is 5.30. The molecule has 4 aromatic rings. The van der Waals surface area contributed by atoms with E-state index in [1.54, 1.807) is 6.07 Å². The van der Waals surface area contributed by atoms with Crippen LogP contribution in [0.3, 0.4) is 0 Å². The van der Waals surface area contributed by atoms with Crippen molar-refractivity contribution in [3.63, 3.8) is 0 Å². The van der Waals surface area contributed by atoms with Crippen LogP contribution in [0.25, 0.3) is 22.3 Å². The fourth-order valence-electron chi connectivity index (χ4n) is 3.70. The van der Waals surface area contributed by atoms with E-state index in [9.17, 15) is 4.79 Å². The van der Waals surface area contributed by atoms with Crippen molar-refractivity contribution in [1.82, 2.24) is 0 Å². The van der Waals surface area contributed by atoms with Gasteiger partial charge in [-0.2, -0.15) is 0 Å². The molecule has 31 heavy (non-hydrogen) atoms. The van der Waals surface area contributed by atoms with Gasteiger partial charge in [-0.15, -0.1) is 0 Å². The Labute approximate surface area is 182 Å². The zero-order valence-corrected chi connectivity index (χ0v) is 17.2. The van der Waals surface area contributed by atoms with Crippen LogP contribution in [0.2, 0.25) is 0 Å². The van der Waals surface area contributed by atoms with E-state index in [-0.39, 0.29) is 6.61 Å². The van der Waals surface area contributed by atoms with Crippen LogP contribution in [0.1, 0.15) is 11.1 Å². The number of ether oxygens (including phenoxy) is 1. The van der Waals surface area contributed by atoms with Gasteiger partial charge in [-0.3, -0.25) is 0 Å². The second-order valence-corrected chi connectivity index (χ2v) is 7.44. The first-order valence-corrected chi connectivity index (χ1v) is 10.4. The number of rotatable bonds is 8. The van der Waals surface area contributed by atoms with Crippen LogP contribution in [0.4, 0.5) is 0 Å². The number of carboxylic acid groups (broad SMARTS) is 1. The van der Waals surface area contributed by atoms with Gasteiger partial charge < -0.3 is 9.84 Å². The van der Waals surface area contributed by atoms with E-state index in [1.807, 2.05) is 30.3 Å². The Kier molecular flexibility index (Phi) is 6.44. The molecule has 1 N–H and O–H groups in total. The van der Waals surface area contributed by atoms with Crippen molar-refractivity contribution in [2.75, 3.05) is 6.61 Å². The maximum absolute atomic E-state index is 10.7. The molecule has 3 nitrogen and oxygen atoms in total. The molecule has 0 amide bonds. The molecule has 154 valence electrons. The van der Waals surface area contributed by atoms with Gasteiger partial charge in [0, 0.05) is 0 Å². The third-order valence-corrected chi connectivity index (χ3v) is 5.22. The number of hydrogen-bond acceptors (Lipinski definition) is 2. The van der Waals surface area contributed by atoms with Gasteiger partial charge in [0.15, 0.2) is 6.61 Å².